The predicted molar refractivity (Wildman–Crippen MR) is 281 cm³/mol. The number of aliphatic hydroxyl groups is 1. The topological polar surface area (TPSA) is 169 Å². The van der Waals surface area contributed by atoms with Crippen molar-refractivity contribution < 1.29 is 33.8 Å². The average Bonchev–Trinajstić information content (AvgIpc) is 3.84. The molecule has 4 amide bonds. The monoisotopic (exact) mass is 988 g/mol. The smallest absolute Gasteiger partial charge is 0.223 e. The average molecular weight is 988 g/mol. The van der Waals surface area contributed by atoms with Crippen LogP contribution in [0.15, 0.2) is 85.1 Å². The number of amides is 4. The number of hydrogen-bond donors (Lipinski definition) is 5. The molecule has 2 saturated carbocycles. The number of para-hydroxylation sites is 1. The van der Waals surface area contributed by atoms with Crippen molar-refractivity contribution in [1.82, 2.24) is 35.6 Å². The van der Waals surface area contributed by atoms with E-state index in [4.69, 9.17) is 9.47 Å². The van der Waals surface area contributed by atoms with E-state index in [1.54, 1.807) is 4.90 Å². The molecule has 0 bridgehead atoms. The largest absolute Gasteiger partial charge is 0.393 e. The van der Waals surface area contributed by atoms with Gasteiger partial charge in [-0.3, -0.25) is 29.0 Å². The molecule has 3 aromatic carbocycles. The maximum Gasteiger partial charge on any atom is 0.223 e. The second kappa shape index (κ2) is 26.2. The Kier molecular flexibility index (Phi) is 19.4. The van der Waals surface area contributed by atoms with Gasteiger partial charge < -0.3 is 40.4 Å². The molecule has 5 aliphatic rings. The number of morpholine rings is 2. The second-order valence-electron chi connectivity index (χ2n) is 21.2. The second-order valence-corrected chi connectivity index (χ2v) is 21.2. The van der Waals surface area contributed by atoms with E-state index in [1.807, 2.05) is 6.20 Å². The standard InChI is InChI=1S/C32H42N4O3.C26H39N3O4/c1-24-6-5-9-28-26(23-34-31(24)28)14-17-33-29(37)10-11-30(38)35-27-12-15-32(16-13-27,36-18-20-39-21-19-36)22-25-7-3-2-4-8-25;30-23-10-14-28(15-11-23)25(32)7-6-24(31)27-22-8-12-26(13-9-22,29-16-18-33-19-17-29)20-21-4-2-1-3-5-21/h2-9,23,27,34H,10-22H2,1H3,(H,33,37)(H,35,38);1-5,22-23,30H,6-20H2,(H,27,31). The first-order valence-corrected chi connectivity index (χ1v) is 27.2. The zero-order valence-corrected chi connectivity index (χ0v) is 42.9. The fourth-order valence-electron chi connectivity index (χ4n) is 12.2. The molecule has 5 N–H and O–H groups in total. The zero-order chi connectivity index (χ0) is 50.2. The number of nitrogens with zero attached hydrogens (tertiary/aromatic N) is 3. The van der Waals surface area contributed by atoms with E-state index in [0.717, 1.165) is 129 Å². The maximum atomic E-state index is 12.7. The van der Waals surface area contributed by atoms with Crippen LogP contribution in [-0.2, 0) is 47.9 Å². The minimum Gasteiger partial charge on any atom is -0.393 e. The Labute approximate surface area is 427 Å². The molecule has 4 heterocycles. The molecule has 0 atom stereocenters. The van der Waals surface area contributed by atoms with Gasteiger partial charge >= 0.3 is 0 Å². The summed E-state index contributed by atoms with van der Waals surface area (Å²) in [6, 6.07) is 28.1. The molecular formula is C58H81N7O7. The minimum absolute atomic E-state index is 0.0210. The van der Waals surface area contributed by atoms with Gasteiger partial charge in [-0.1, -0.05) is 78.9 Å². The van der Waals surface area contributed by atoms with E-state index in [-0.39, 0.29) is 78.6 Å². The van der Waals surface area contributed by atoms with Crippen LogP contribution in [0, 0.1) is 6.92 Å². The summed E-state index contributed by atoms with van der Waals surface area (Å²) in [6.45, 7) is 10.9. The van der Waals surface area contributed by atoms with Crippen molar-refractivity contribution in [2.75, 3.05) is 72.2 Å². The molecule has 1 aromatic heterocycles. The number of aliphatic hydroxyl groups excluding tert-OH is 1. The summed E-state index contributed by atoms with van der Waals surface area (Å²) in [5, 5.41) is 20.2. The van der Waals surface area contributed by atoms with E-state index in [9.17, 15) is 24.3 Å². The molecule has 3 saturated heterocycles. The molecule has 0 spiro atoms. The van der Waals surface area contributed by atoms with E-state index in [2.05, 4.69) is 117 Å². The molecule has 4 aromatic rings. The predicted octanol–water partition coefficient (Wildman–Crippen LogP) is 6.41. The summed E-state index contributed by atoms with van der Waals surface area (Å²) < 4.78 is 11.3. The number of likely N-dealkylation sites (tertiary alicyclic amines) is 1. The number of aryl methyl sites for hydroxylation is 1. The summed E-state index contributed by atoms with van der Waals surface area (Å²) >= 11 is 0. The van der Waals surface area contributed by atoms with Gasteiger partial charge in [-0.05, 0) is 113 Å². The lowest BCUT2D eigenvalue weighted by Crippen LogP contribution is -2.58. The van der Waals surface area contributed by atoms with Crippen LogP contribution in [-0.4, -0.2) is 150 Å². The van der Waals surface area contributed by atoms with Crippen molar-refractivity contribution in [2.24, 2.45) is 0 Å². The SMILES string of the molecule is Cc1cccc2c(CCNC(=O)CCC(=O)NC3CCC(Cc4ccccc4)(N4CCOCC4)CC3)c[nH]c12.O=C(CCC(=O)N1CCC(O)CC1)NC1CCC(Cc2ccccc2)(N2CCOCC2)CC1. The van der Waals surface area contributed by atoms with Crippen LogP contribution in [0.5, 0.6) is 0 Å². The first-order valence-electron chi connectivity index (χ1n) is 27.2. The third-order valence-electron chi connectivity index (χ3n) is 16.4. The maximum absolute atomic E-state index is 12.7. The molecule has 0 radical (unpaired) electrons. The molecule has 72 heavy (non-hydrogen) atoms. The summed E-state index contributed by atoms with van der Waals surface area (Å²) in [4.78, 5) is 60.4. The summed E-state index contributed by atoms with van der Waals surface area (Å²) in [5.74, 6) is -0.0922. The van der Waals surface area contributed by atoms with Gasteiger partial charge in [0.05, 0.1) is 32.5 Å². The Morgan fingerprint density at radius 3 is 1.61 bits per heavy atom. The lowest BCUT2D eigenvalue weighted by Gasteiger charge is -2.50. The number of carbonyl (C=O) groups excluding carboxylic acids is 4. The highest BCUT2D eigenvalue weighted by atomic mass is 16.5. The van der Waals surface area contributed by atoms with Gasteiger partial charge in [0.1, 0.15) is 0 Å². The van der Waals surface area contributed by atoms with E-state index >= 15 is 0 Å². The first-order chi connectivity index (χ1) is 35.1. The first kappa shape index (κ1) is 53.2. The van der Waals surface area contributed by atoms with Crippen LogP contribution < -0.4 is 16.0 Å². The molecule has 5 fully saturated rings. The number of aromatic nitrogens is 1. The van der Waals surface area contributed by atoms with E-state index in [0.29, 0.717) is 32.5 Å². The number of nitrogens with one attached hydrogen (secondary N) is 4. The molecule has 2 aliphatic carbocycles. The van der Waals surface area contributed by atoms with Crippen LogP contribution in [0.4, 0.5) is 0 Å². The number of aromatic amines is 1. The fraction of sp³-hybridized carbons (Fsp3) is 0.586. The Bertz CT molecular complexity index is 2320. The molecule has 0 unspecified atom stereocenters. The van der Waals surface area contributed by atoms with Gasteiger partial charge in [-0.25, -0.2) is 0 Å². The summed E-state index contributed by atoms with van der Waals surface area (Å²) in [6.07, 6.45) is 14.9. The Balaban J connectivity index is 0.000000195. The van der Waals surface area contributed by atoms with Gasteiger partial charge in [0.2, 0.25) is 23.6 Å². The molecule has 14 nitrogen and oxygen atoms in total. The lowest BCUT2D eigenvalue weighted by atomic mass is 9.74. The number of benzene rings is 3. The minimum atomic E-state index is -0.296. The highest BCUT2D eigenvalue weighted by Gasteiger charge is 2.42. The third-order valence-corrected chi connectivity index (χ3v) is 16.4. The van der Waals surface area contributed by atoms with Crippen LogP contribution in [0.1, 0.15) is 112 Å². The number of fused-ring (bicyclic) bond motifs is 1. The zero-order valence-electron chi connectivity index (χ0n) is 42.9. The number of rotatable bonds is 17. The third kappa shape index (κ3) is 14.8. The van der Waals surface area contributed by atoms with Crippen molar-refractivity contribution in [2.45, 2.75) is 145 Å². The fourth-order valence-corrected chi connectivity index (χ4v) is 12.2. The summed E-state index contributed by atoms with van der Waals surface area (Å²) in [5.41, 5.74) is 6.56. The van der Waals surface area contributed by atoms with Crippen molar-refractivity contribution in [3.05, 3.63) is 107 Å². The molecular weight excluding hydrogens is 907 g/mol. The van der Waals surface area contributed by atoms with E-state index in [1.165, 1.54) is 27.6 Å². The normalized spacial score (nSPS) is 24.4. The summed E-state index contributed by atoms with van der Waals surface area (Å²) in [7, 11) is 0. The van der Waals surface area contributed by atoms with Gasteiger partial charge in [0.25, 0.3) is 0 Å². The Morgan fingerprint density at radius 1 is 0.611 bits per heavy atom. The Morgan fingerprint density at radius 2 is 1.10 bits per heavy atom. The van der Waals surface area contributed by atoms with Crippen LogP contribution in [0.2, 0.25) is 0 Å². The van der Waals surface area contributed by atoms with Crippen LogP contribution in [0.3, 0.4) is 0 Å². The molecule has 390 valence electrons. The van der Waals surface area contributed by atoms with Crippen molar-refractivity contribution in [3.8, 4) is 0 Å². The number of hydrogen-bond acceptors (Lipinski definition) is 9. The lowest BCUT2D eigenvalue weighted by molar-refractivity contribution is -0.135. The number of ether oxygens (including phenoxy) is 2. The quantitative estimate of drug-likeness (QED) is 0.0804. The van der Waals surface area contributed by atoms with Crippen LogP contribution >= 0.6 is 0 Å². The number of carbonyl (C=O) groups is 4. The van der Waals surface area contributed by atoms with Crippen LogP contribution in [0.25, 0.3) is 10.9 Å². The van der Waals surface area contributed by atoms with Gasteiger partial charge in [-0.2, -0.15) is 0 Å². The van der Waals surface area contributed by atoms with Gasteiger partial charge in [-0.15, -0.1) is 0 Å². The van der Waals surface area contributed by atoms with Crippen molar-refractivity contribution >= 4 is 34.5 Å². The Hall–Kier alpha value is -5.12. The number of H-pyrrole nitrogens is 1. The molecule has 14 heteroatoms. The van der Waals surface area contributed by atoms with E-state index < -0.39 is 0 Å². The molecule has 9 rings (SSSR count). The van der Waals surface area contributed by atoms with Crippen molar-refractivity contribution in [1.29, 1.82) is 0 Å². The van der Waals surface area contributed by atoms with Gasteiger partial charge in [0, 0.05) is 112 Å². The highest BCUT2D eigenvalue weighted by Crippen LogP contribution is 2.39. The number of piperidine rings is 1. The highest BCUT2D eigenvalue weighted by molar-refractivity contribution is 5.86. The van der Waals surface area contributed by atoms with Crippen molar-refractivity contribution in [3.63, 3.8) is 0 Å². The molecule has 3 aliphatic heterocycles. The van der Waals surface area contributed by atoms with Gasteiger partial charge in [0.15, 0.2) is 0 Å².